The zero-order valence-corrected chi connectivity index (χ0v) is 13.4. The molecule has 2 atom stereocenters. The normalized spacial score (nSPS) is 47.5. The highest BCUT2D eigenvalue weighted by Gasteiger charge is 2.75. The molecule has 2 nitrogen and oxygen atoms in total. The molecule has 114 valence electrons. The first-order chi connectivity index (χ1) is 10.7. The Labute approximate surface area is 132 Å². The van der Waals surface area contributed by atoms with Crippen LogP contribution in [0.3, 0.4) is 0 Å². The highest BCUT2D eigenvalue weighted by atomic mass is 15.3. The van der Waals surface area contributed by atoms with Crippen molar-refractivity contribution in [2.75, 3.05) is 25.0 Å². The van der Waals surface area contributed by atoms with E-state index in [9.17, 15) is 0 Å². The monoisotopic (exact) mass is 292 g/mol. The first-order valence-electron chi connectivity index (χ1n) is 8.99. The number of hydrogen-bond acceptors (Lipinski definition) is 2. The number of benzene rings is 1. The van der Waals surface area contributed by atoms with E-state index in [4.69, 9.17) is 0 Å². The number of rotatable bonds is 0. The summed E-state index contributed by atoms with van der Waals surface area (Å²) in [5.74, 6) is 0. The van der Waals surface area contributed by atoms with Crippen molar-refractivity contribution in [3.8, 4) is 0 Å². The average Bonchev–Trinajstić information content (AvgIpc) is 3.07. The van der Waals surface area contributed by atoms with Crippen LogP contribution in [0.2, 0.25) is 0 Å². The van der Waals surface area contributed by atoms with Crippen LogP contribution in [0.1, 0.15) is 37.7 Å². The molecule has 7 rings (SSSR count). The van der Waals surface area contributed by atoms with Gasteiger partial charge >= 0.3 is 0 Å². The number of anilines is 1. The zero-order chi connectivity index (χ0) is 14.6. The fourth-order valence-corrected chi connectivity index (χ4v) is 7.51. The Hall–Kier alpha value is -1.28. The highest BCUT2D eigenvalue weighted by molar-refractivity contribution is 5.70. The minimum Gasteiger partial charge on any atom is -0.368 e. The van der Waals surface area contributed by atoms with Gasteiger partial charge in [-0.05, 0) is 50.3 Å². The molecule has 3 aliphatic heterocycles. The Morgan fingerprint density at radius 1 is 1.05 bits per heavy atom. The van der Waals surface area contributed by atoms with Crippen molar-refractivity contribution in [2.45, 2.75) is 49.1 Å². The Bertz CT molecular complexity index is 697. The van der Waals surface area contributed by atoms with Crippen LogP contribution in [-0.4, -0.2) is 36.6 Å². The molecule has 3 saturated carbocycles. The van der Waals surface area contributed by atoms with Crippen molar-refractivity contribution in [1.29, 1.82) is 0 Å². The van der Waals surface area contributed by atoms with E-state index < -0.39 is 0 Å². The van der Waals surface area contributed by atoms with Crippen LogP contribution >= 0.6 is 0 Å². The summed E-state index contributed by atoms with van der Waals surface area (Å²) >= 11 is 0. The van der Waals surface area contributed by atoms with Crippen molar-refractivity contribution < 1.29 is 0 Å². The molecule has 0 radical (unpaired) electrons. The van der Waals surface area contributed by atoms with Crippen molar-refractivity contribution in [3.05, 3.63) is 42.0 Å². The molecule has 3 aliphatic carbocycles. The summed E-state index contributed by atoms with van der Waals surface area (Å²) in [6.07, 6.45) is 12.0. The molecule has 22 heavy (non-hydrogen) atoms. The van der Waals surface area contributed by atoms with Gasteiger partial charge in [-0.15, -0.1) is 0 Å². The summed E-state index contributed by atoms with van der Waals surface area (Å²) in [6, 6.07) is 10.1. The summed E-state index contributed by atoms with van der Waals surface area (Å²) in [5, 5.41) is 0. The van der Waals surface area contributed by atoms with E-state index >= 15 is 0 Å². The maximum absolute atomic E-state index is 2.82. The van der Waals surface area contributed by atoms with Crippen LogP contribution in [0.25, 0.3) is 0 Å². The van der Waals surface area contributed by atoms with E-state index in [1.165, 1.54) is 50.9 Å². The maximum Gasteiger partial charge on any atom is 0.0512 e. The topological polar surface area (TPSA) is 6.48 Å². The Kier molecular flexibility index (Phi) is 1.91. The molecule has 1 aromatic rings. The second kappa shape index (κ2) is 3.46. The van der Waals surface area contributed by atoms with E-state index in [1.807, 2.05) is 0 Å². The van der Waals surface area contributed by atoms with E-state index in [0.29, 0.717) is 16.4 Å². The minimum absolute atomic E-state index is 0.388. The number of para-hydroxylation sites is 1. The number of fused-ring (bicyclic) bond motifs is 3. The zero-order valence-electron chi connectivity index (χ0n) is 13.4. The molecular weight excluding hydrogens is 268 g/mol. The summed E-state index contributed by atoms with van der Waals surface area (Å²) in [4.78, 5) is 5.52. The smallest absolute Gasteiger partial charge is 0.0512 e. The van der Waals surface area contributed by atoms with Gasteiger partial charge in [0.15, 0.2) is 0 Å². The second-order valence-corrected chi connectivity index (χ2v) is 8.36. The van der Waals surface area contributed by atoms with Crippen LogP contribution in [0.15, 0.2) is 36.4 Å². The van der Waals surface area contributed by atoms with Gasteiger partial charge in [-0.25, -0.2) is 0 Å². The van der Waals surface area contributed by atoms with Crippen LogP contribution < -0.4 is 4.90 Å². The van der Waals surface area contributed by atoms with Crippen molar-refractivity contribution in [2.24, 2.45) is 5.41 Å². The third-order valence-corrected chi connectivity index (χ3v) is 8.19. The fourth-order valence-electron chi connectivity index (χ4n) is 7.51. The van der Waals surface area contributed by atoms with Gasteiger partial charge < -0.3 is 4.90 Å². The molecule has 0 unspecified atom stereocenters. The lowest BCUT2D eigenvalue weighted by atomic mass is 9.42. The molecule has 1 aromatic carbocycles. The number of nitrogens with zero attached hydrogens (tertiary/aromatic N) is 2. The van der Waals surface area contributed by atoms with Crippen LogP contribution in [0.4, 0.5) is 5.69 Å². The molecule has 6 aliphatic rings. The van der Waals surface area contributed by atoms with Gasteiger partial charge in [0.05, 0.1) is 5.54 Å². The first-order valence-corrected chi connectivity index (χ1v) is 8.99. The number of likely N-dealkylation sites (N-methyl/N-ethyl adjacent to an activating group) is 1. The van der Waals surface area contributed by atoms with Gasteiger partial charge in [0, 0.05) is 36.2 Å². The summed E-state index contributed by atoms with van der Waals surface area (Å²) < 4.78 is 0. The standard InChI is InChI=1S/C20H24N2/c1-21-16-6-3-2-5-15(16)20-12-14-22-13-4-7-18(17(20)22)8-10-19(20,21)11-9-18/h2-7,17H,8-14H2,1H3/t17-,18?,19?,20+/m0/s1. The lowest BCUT2D eigenvalue weighted by Crippen LogP contribution is -2.73. The SMILES string of the molecule is CN1c2ccccc2[C@@]23CCN4CC=CC5(CCC12CC5)[C@H]43. The second-order valence-electron chi connectivity index (χ2n) is 8.36. The molecule has 1 saturated heterocycles. The van der Waals surface area contributed by atoms with Crippen molar-refractivity contribution >= 4 is 5.69 Å². The summed E-state index contributed by atoms with van der Waals surface area (Å²) in [5.41, 5.74) is 4.44. The molecule has 2 heteroatoms. The van der Waals surface area contributed by atoms with Gasteiger partial charge in [0.25, 0.3) is 0 Å². The summed E-state index contributed by atoms with van der Waals surface area (Å²) in [6.45, 7) is 2.47. The molecule has 2 bridgehead atoms. The molecule has 3 heterocycles. The Morgan fingerprint density at radius 3 is 2.73 bits per heavy atom. The van der Waals surface area contributed by atoms with E-state index in [0.717, 1.165) is 6.04 Å². The first kappa shape index (κ1) is 12.2. The Balaban J connectivity index is 1.71. The Morgan fingerprint density at radius 2 is 1.86 bits per heavy atom. The molecular formula is C20H24N2. The lowest BCUT2D eigenvalue weighted by molar-refractivity contribution is -0.0572. The fraction of sp³-hybridized carbons (Fsp3) is 0.600. The maximum atomic E-state index is 2.82. The van der Waals surface area contributed by atoms with Crippen molar-refractivity contribution in [1.82, 2.24) is 4.90 Å². The average molecular weight is 292 g/mol. The molecule has 0 aromatic heterocycles. The van der Waals surface area contributed by atoms with Gasteiger partial charge in [-0.2, -0.15) is 0 Å². The van der Waals surface area contributed by atoms with Gasteiger partial charge in [0.1, 0.15) is 0 Å². The van der Waals surface area contributed by atoms with Gasteiger partial charge in [-0.3, -0.25) is 4.90 Å². The third kappa shape index (κ3) is 0.973. The van der Waals surface area contributed by atoms with Gasteiger partial charge in [-0.1, -0.05) is 30.4 Å². The predicted molar refractivity (Wildman–Crippen MR) is 89.3 cm³/mol. The van der Waals surface area contributed by atoms with Crippen LogP contribution in [0.5, 0.6) is 0 Å². The highest BCUT2D eigenvalue weighted by Crippen LogP contribution is 2.73. The molecule has 0 amide bonds. The predicted octanol–water partition coefficient (Wildman–Crippen LogP) is 3.33. The largest absolute Gasteiger partial charge is 0.368 e. The van der Waals surface area contributed by atoms with Crippen LogP contribution in [0, 0.1) is 5.41 Å². The number of hydrogen-bond donors (Lipinski definition) is 0. The molecule has 3 spiro atoms. The quantitative estimate of drug-likeness (QED) is 0.677. The molecule has 4 fully saturated rings. The van der Waals surface area contributed by atoms with Crippen LogP contribution in [-0.2, 0) is 5.41 Å². The van der Waals surface area contributed by atoms with E-state index in [2.05, 4.69) is 53.3 Å². The molecule has 0 N–H and O–H groups in total. The van der Waals surface area contributed by atoms with Crippen molar-refractivity contribution in [3.63, 3.8) is 0 Å². The lowest BCUT2D eigenvalue weighted by Gasteiger charge is -2.67. The minimum atomic E-state index is 0.388. The van der Waals surface area contributed by atoms with Gasteiger partial charge in [0.2, 0.25) is 0 Å². The summed E-state index contributed by atoms with van der Waals surface area (Å²) in [7, 11) is 2.38. The van der Waals surface area contributed by atoms with E-state index in [1.54, 1.807) is 5.56 Å². The third-order valence-electron chi connectivity index (χ3n) is 8.19. The van der Waals surface area contributed by atoms with E-state index in [-0.39, 0.29) is 0 Å².